The molecule has 1 aromatic heterocycles. The molecule has 0 bridgehead atoms. The molecule has 0 saturated carbocycles. The van der Waals surface area contributed by atoms with Crippen LogP contribution in [0.2, 0.25) is 0 Å². The number of hydrogen-bond donors (Lipinski definition) is 0. The normalized spacial score (nSPS) is 11.6. The molecule has 0 aliphatic rings. The number of hydrogen-bond acceptors (Lipinski definition) is 6. The number of aromatic nitrogens is 1. The van der Waals surface area contributed by atoms with Crippen LogP contribution in [0.15, 0.2) is 10.5 Å². The Labute approximate surface area is 109 Å². The predicted octanol–water partition coefficient (Wildman–Crippen LogP) is -2.44. The van der Waals surface area contributed by atoms with Gasteiger partial charge in [-0.05, 0) is 6.92 Å². The third-order valence-electron chi connectivity index (χ3n) is 1.10. The van der Waals surface area contributed by atoms with Gasteiger partial charge in [0, 0.05) is 11.1 Å². The fourth-order valence-electron chi connectivity index (χ4n) is 0.632. The number of rotatable bonds is 3. The van der Waals surface area contributed by atoms with Gasteiger partial charge >= 0.3 is 35.5 Å². The molecule has 1 heterocycles. The van der Waals surface area contributed by atoms with Crippen molar-refractivity contribution in [2.45, 2.75) is 11.3 Å². The van der Waals surface area contributed by atoms with Gasteiger partial charge in [-0.2, -0.15) is 0 Å². The Morgan fingerprint density at radius 3 is 2.86 bits per heavy atom. The molecule has 0 spiro atoms. The van der Waals surface area contributed by atoms with E-state index < -0.39 is 17.0 Å². The first-order valence-corrected chi connectivity index (χ1v) is 5.26. The average Bonchev–Trinajstić information content (AvgIpc) is 2.52. The van der Waals surface area contributed by atoms with Gasteiger partial charge in [-0.3, -0.25) is 4.21 Å². The Balaban J connectivity index is 0.00000169. The molecule has 0 saturated heterocycles. The van der Waals surface area contributed by atoms with E-state index in [2.05, 4.69) is 9.72 Å². The van der Waals surface area contributed by atoms with E-state index in [1.807, 2.05) is 0 Å². The van der Waals surface area contributed by atoms with Gasteiger partial charge in [-0.1, -0.05) is 11.3 Å². The number of nitrogens with zero attached hydrogens (tertiary/aromatic N) is 1. The van der Waals surface area contributed by atoms with Gasteiger partial charge in [0.2, 0.25) is 0 Å². The minimum atomic E-state index is -2.38. The van der Waals surface area contributed by atoms with Crippen LogP contribution in [0.25, 0.3) is 0 Å². The van der Waals surface area contributed by atoms with Crippen LogP contribution in [0, 0.1) is 0 Å². The van der Waals surface area contributed by atoms with Gasteiger partial charge in [0.15, 0.2) is 4.34 Å². The summed E-state index contributed by atoms with van der Waals surface area (Å²) < 4.78 is 25.3. The summed E-state index contributed by atoms with van der Waals surface area (Å²) in [7, 11) is 0. The van der Waals surface area contributed by atoms with Crippen LogP contribution in [0.3, 0.4) is 0 Å². The molecule has 0 fully saturated rings. The third-order valence-corrected chi connectivity index (χ3v) is 2.92. The van der Waals surface area contributed by atoms with E-state index in [9.17, 15) is 13.6 Å². The molecule has 1 unspecified atom stereocenters. The van der Waals surface area contributed by atoms with E-state index in [1.54, 1.807) is 6.92 Å². The van der Waals surface area contributed by atoms with Crippen LogP contribution in [-0.2, 0) is 15.8 Å². The summed E-state index contributed by atoms with van der Waals surface area (Å²) in [6.07, 6.45) is 1.19. The molecule has 1 rings (SSSR count). The van der Waals surface area contributed by atoms with Crippen LogP contribution < -0.4 is 29.6 Å². The Hall–Kier alpha value is 0.210. The zero-order valence-corrected chi connectivity index (χ0v) is 11.3. The first-order valence-electron chi connectivity index (χ1n) is 3.37. The van der Waals surface area contributed by atoms with Crippen LogP contribution in [0.5, 0.6) is 0 Å². The monoisotopic (exact) mass is 243 g/mol. The molecular formula is C6H6NNaO4S2. The van der Waals surface area contributed by atoms with Gasteiger partial charge in [0.25, 0.3) is 0 Å². The molecule has 0 aliphatic heterocycles. The van der Waals surface area contributed by atoms with Crippen molar-refractivity contribution >= 4 is 28.4 Å². The van der Waals surface area contributed by atoms with Crippen molar-refractivity contribution in [3.63, 3.8) is 0 Å². The summed E-state index contributed by atoms with van der Waals surface area (Å²) in [4.78, 5) is 14.7. The van der Waals surface area contributed by atoms with Crippen LogP contribution in [-0.4, -0.2) is 26.3 Å². The molecule has 1 aromatic rings. The topological polar surface area (TPSA) is 79.3 Å². The van der Waals surface area contributed by atoms with E-state index in [1.165, 1.54) is 6.20 Å². The molecule has 1 atom stereocenters. The fraction of sp³-hybridized carbons (Fsp3) is 0.333. The maximum Gasteiger partial charge on any atom is 1.00 e. The van der Waals surface area contributed by atoms with Crippen molar-refractivity contribution in [1.29, 1.82) is 0 Å². The molecule has 0 N–H and O–H groups in total. The zero-order chi connectivity index (χ0) is 9.84. The number of carbonyl (C=O) groups is 1. The fourth-order valence-corrected chi connectivity index (χ4v) is 1.85. The van der Waals surface area contributed by atoms with Crippen LogP contribution in [0.1, 0.15) is 16.6 Å². The first kappa shape index (κ1) is 14.2. The molecular weight excluding hydrogens is 237 g/mol. The Morgan fingerprint density at radius 1 is 1.79 bits per heavy atom. The smallest absolute Gasteiger partial charge is 0.767 e. The largest absolute Gasteiger partial charge is 1.00 e. The van der Waals surface area contributed by atoms with E-state index in [-0.39, 0.29) is 45.4 Å². The van der Waals surface area contributed by atoms with Crippen molar-refractivity contribution in [3.05, 3.63) is 11.1 Å². The Morgan fingerprint density at radius 2 is 2.43 bits per heavy atom. The molecule has 72 valence electrons. The van der Waals surface area contributed by atoms with Gasteiger partial charge in [0.05, 0.1) is 12.8 Å². The summed E-state index contributed by atoms with van der Waals surface area (Å²) in [6, 6.07) is 0. The number of carbonyl (C=O) groups excluding carboxylic acids is 1. The van der Waals surface area contributed by atoms with E-state index in [0.29, 0.717) is 0 Å². The van der Waals surface area contributed by atoms with Gasteiger partial charge in [0.1, 0.15) is 4.88 Å². The van der Waals surface area contributed by atoms with Gasteiger partial charge < -0.3 is 9.29 Å². The second kappa shape index (κ2) is 6.65. The summed E-state index contributed by atoms with van der Waals surface area (Å²) in [5.41, 5.74) is 0. The van der Waals surface area contributed by atoms with Crippen molar-refractivity contribution < 1.29 is 47.9 Å². The van der Waals surface area contributed by atoms with Crippen molar-refractivity contribution in [3.8, 4) is 0 Å². The number of ether oxygens (including phenoxy) is 1. The molecule has 0 radical (unpaired) electrons. The minimum Gasteiger partial charge on any atom is -0.767 e. The average molecular weight is 243 g/mol. The maximum absolute atomic E-state index is 11.0. The standard InChI is InChI=1S/C6H7NO4S2.Na/c1-2-11-5(8)4-3-7-6(12-4)13(9)10;/h3H,2H2,1H3,(H,9,10);/q;+1/p-1. The molecule has 14 heavy (non-hydrogen) atoms. The van der Waals surface area contributed by atoms with Gasteiger partial charge in [-0.25, -0.2) is 9.78 Å². The molecule has 8 heteroatoms. The zero-order valence-electron chi connectivity index (χ0n) is 7.68. The second-order valence-corrected chi connectivity index (χ2v) is 4.09. The number of esters is 1. The van der Waals surface area contributed by atoms with Crippen molar-refractivity contribution in [2.75, 3.05) is 6.61 Å². The molecule has 0 aliphatic carbocycles. The van der Waals surface area contributed by atoms with Crippen LogP contribution in [0.4, 0.5) is 0 Å². The SMILES string of the molecule is CCOC(=O)c1cnc(S(=O)[O-])s1.[Na+]. The number of thiazole rings is 1. The second-order valence-electron chi connectivity index (χ2n) is 1.95. The summed E-state index contributed by atoms with van der Waals surface area (Å²) in [6.45, 7) is 1.93. The molecule has 0 aromatic carbocycles. The van der Waals surface area contributed by atoms with E-state index in [0.717, 1.165) is 11.3 Å². The van der Waals surface area contributed by atoms with E-state index in [4.69, 9.17) is 0 Å². The Bertz CT molecular complexity index is 340. The van der Waals surface area contributed by atoms with Crippen molar-refractivity contribution in [2.24, 2.45) is 0 Å². The maximum atomic E-state index is 11.0. The summed E-state index contributed by atoms with van der Waals surface area (Å²) in [5, 5.41) is 0. The van der Waals surface area contributed by atoms with E-state index >= 15 is 0 Å². The minimum absolute atomic E-state index is 0. The summed E-state index contributed by atoms with van der Waals surface area (Å²) in [5.74, 6) is -0.545. The predicted molar refractivity (Wildman–Crippen MR) is 45.3 cm³/mol. The quantitative estimate of drug-likeness (QED) is 0.335. The third kappa shape index (κ3) is 3.76. The molecule has 0 amide bonds. The van der Waals surface area contributed by atoms with Crippen molar-refractivity contribution in [1.82, 2.24) is 4.98 Å². The first-order chi connectivity index (χ1) is 6.15. The molecule has 5 nitrogen and oxygen atoms in total. The van der Waals surface area contributed by atoms with Gasteiger partial charge in [-0.15, -0.1) is 0 Å². The summed E-state index contributed by atoms with van der Waals surface area (Å²) >= 11 is -1.59. The van der Waals surface area contributed by atoms with Crippen LogP contribution >= 0.6 is 11.3 Å². The Kier molecular flexibility index (Phi) is 6.75.